The molecule has 1 rings (SSSR count). The molecule has 0 aliphatic rings. The maximum absolute atomic E-state index is 6.01. The van der Waals surface area contributed by atoms with E-state index in [0.29, 0.717) is 21.3 Å². The highest BCUT2D eigenvalue weighted by molar-refractivity contribution is 7.80. The monoisotopic (exact) mass is 243 g/mol. The van der Waals surface area contributed by atoms with Gasteiger partial charge in [-0.1, -0.05) is 23.8 Å². The number of nitrogens with two attached hydrogens (primary N) is 1. The number of hydrogen-bond donors (Lipinski definition) is 1. The molecule has 0 aliphatic carbocycles. The van der Waals surface area contributed by atoms with Crippen LogP contribution in [0.1, 0.15) is 26.3 Å². The Hall–Kier alpha value is -0.800. The van der Waals surface area contributed by atoms with Gasteiger partial charge in [0.15, 0.2) is 0 Å². The zero-order valence-electron chi connectivity index (χ0n) is 9.00. The van der Waals surface area contributed by atoms with E-state index < -0.39 is 0 Å². The molecule has 0 spiro atoms. The molecule has 0 heterocycles. The molecule has 82 valence electrons. The summed E-state index contributed by atoms with van der Waals surface area (Å²) < 4.78 is 5.65. The van der Waals surface area contributed by atoms with Crippen LogP contribution >= 0.6 is 23.8 Å². The Kier molecular flexibility index (Phi) is 3.58. The van der Waals surface area contributed by atoms with Crippen molar-refractivity contribution in [1.82, 2.24) is 0 Å². The molecule has 15 heavy (non-hydrogen) atoms. The van der Waals surface area contributed by atoms with Crippen molar-refractivity contribution < 1.29 is 4.74 Å². The first-order chi connectivity index (χ1) is 6.79. The third-order valence-corrected chi connectivity index (χ3v) is 2.16. The van der Waals surface area contributed by atoms with E-state index in [1.54, 1.807) is 12.1 Å². The van der Waals surface area contributed by atoms with Gasteiger partial charge >= 0.3 is 0 Å². The van der Waals surface area contributed by atoms with E-state index in [4.69, 9.17) is 34.3 Å². The highest BCUT2D eigenvalue weighted by atomic mass is 35.5. The topological polar surface area (TPSA) is 35.2 Å². The van der Waals surface area contributed by atoms with Crippen molar-refractivity contribution in [3.63, 3.8) is 0 Å². The van der Waals surface area contributed by atoms with Crippen molar-refractivity contribution in [3.8, 4) is 5.75 Å². The summed E-state index contributed by atoms with van der Waals surface area (Å²) in [6.07, 6.45) is 0. The van der Waals surface area contributed by atoms with Crippen LogP contribution < -0.4 is 10.5 Å². The van der Waals surface area contributed by atoms with Crippen molar-refractivity contribution >= 4 is 28.8 Å². The fourth-order valence-corrected chi connectivity index (χ4v) is 1.62. The SMILES string of the molecule is CC(C)(C)Oc1ccc(C(N)=S)c(Cl)c1. The minimum Gasteiger partial charge on any atom is -0.488 e. The van der Waals surface area contributed by atoms with Gasteiger partial charge in [0.2, 0.25) is 0 Å². The smallest absolute Gasteiger partial charge is 0.121 e. The van der Waals surface area contributed by atoms with Crippen LogP contribution in [0, 0.1) is 0 Å². The minimum atomic E-state index is -0.242. The van der Waals surface area contributed by atoms with Crippen LogP contribution in [0.25, 0.3) is 0 Å². The van der Waals surface area contributed by atoms with Gasteiger partial charge in [-0.15, -0.1) is 0 Å². The Bertz CT molecular complexity index is 385. The Morgan fingerprint density at radius 3 is 2.40 bits per heavy atom. The van der Waals surface area contributed by atoms with Gasteiger partial charge in [0.1, 0.15) is 16.3 Å². The fourth-order valence-electron chi connectivity index (χ4n) is 1.11. The van der Waals surface area contributed by atoms with Crippen LogP contribution in [0.15, 0.2) is 18.2 Å². The van der Waals surface area contributed by atoms with Crippen molar-refractivity contribution in [2.45, 2.75) is 26.4 Å². The molecule has 1 aromatic rings. The normalized spacial score (nSPS) is 11.2. The molecule has 4 heteroatoms. The van der Waals surface area contributed by atoms with E-state index in [2.05, 4.69) is 0 Å². The minimum absolute atomic E-state index is 0.242. The molecular weight excluding hydrogens is 230 g/mol. The molecule has 0 fully saturated rings. The van der Waals surface area contributed by atoms with Crippen LogP contribution in [0.3, 0.4) is 0 Å². The van der Waals surface area contributed by atoms with Gasteiger partial charge in [-0.25, -0.2) is 0 Å². The summed E-state index contributed by atoms with van der Waals surface area (Å²) in [5, 5.41) is 0.518. The van der Waals surface area contributed by atoms with Gasteiger partial charge < -0.3 is 10.5 Å². The maximum Gasteiger partial charge on any atom is 0.121 e. The quantitative estimate of drug-likeness (QED) is 0.811. The highest BCUT2D eigenvalue weighted by Crippen LogP contribution is 2.25. The number of halogens is 1. The summed E-state index contributed by atoms with van der Waals surface area (Å²) in [5.74, 6) is 0.715. The van der Waals surface area contributed by atoms with Crippen LogP contribution in [-0.4, -0.2) is 10.6 Å². The lowest BCUT2D eigenvalue weighted by Gasteiger charge is -2.21. The summed E-state index contributed by atoms with van der Waals surface area (Å²) in [4.78, 5) is 0.294. The summed E-state index contributed by atoms with van der Waals surface area (Å²) in [6.45, 7) is 5.92. The summed E-state index contributed by atoms with van der Waals surface area (Å²) in [5.41, 5.74) is 5.93. The Balaban J connectivity index is 2.97. The van der Waals surface area contributed by atoms with Crippen LogP contribution in [0.4, 0.5) is 0 Å². The lowest BCUT2D eigenvalue weighted by Crippen LogP contribution is -2.23. The molecule has 0 saturated heterocycles. The molecule has 0 unspecified atom stereocenters. The van der Waals surface area contributed by atoms with Crippen LogP contribution in [0.5, 0.6) is 5.75 Å². The third kappa shape index (κ3) is 3.68. The standard InChI is InChI=1S/C11H14ClNOS/c1-11(2,3)14-7-4-5-8(10(13)15)9(12)6-7/h4-6H,1-3H3,(H2,13,15). The summed E-state index contributed by atoms with van der Waals surface area (Å²) in [6, 6.07) is 5.30. The van der Waals surface area contributed by atoms with Gasteiger partial charge in [0.05, 0.1) is 5.02 Å². The Labute approximate surface area is 100 Å². The number of thiocarbonyl (C=S) groups is 1. The number of ether oxygens (including phenoxy) is 1. The maximum atomic E-state index is 6.01. The molecular formula is C11H14ClNOS. The van der Waals surface area contributed by atoms with Crippen molar-refractivity contribution in [1.29, 1.82) is 0 Å². The second kappa shape index (κ2) is 4.37. The van der Waals surface area contributed by atoms with Crippen LogP contribution in [-0.2, 0) is 0 Å². The van der Waals surface area contributed by atoms with Crippen molar-refractivity contribution in [3.05, 3.63) is 28.8 Å². The number of rotatable bonds is 2. The average molecular weight is 244 g/mol. The first kappa shape index (κ1) is 12.3. The molecule has 0 aromatic heterocycles. The van der Waals surface area contributed by atoms with E-state index in [1.165, 1.54) is 0 Å². The molecule has 0 atom stereocenters. The van der Waals surface area contributed by atoms with Gasteiger partial charge in [0, 0.05) is 5.56 Å². The fraction of sp³-hybridized carbons (Fsp3) is 0.364. The van der Waals surface area contributed by atoms with E-state index >= 15 is 0 Å². The first-order valence-corrected chi connectivity index (χ1v) is 5.36. The lowest BCUT2D eigenvalue weighted by atomic mass is 10.1. The summed E-state index contributed by atoms with van der Waals surface area (Å²) >= 11 is 10.9. The van der Waals surface area contributed by atoms with Gasteiger partial charge in [-0.2, -0.15) is 0 Å². The van der Waals surface area contributed by atoms with E-state index in [-0.39, 0.29) is 5.60 Å². The second-order valence-corrected chi connectivity index (χ2v) is 5.07. The molecule has 0 amide bonds. The Morgan fingerprint density at radius 2 is 2.00 bits per heavy atom. The van der Waals surface area contributed by atoms with Crippen molar-refractivity contribution in [2.24, 2.45) is 5.73 Å². The number of benzene rings is 1. The Morgan fingerprint density at radius 1 is 1.40 bits per heavy atom. The van der Waals surface area contributed by atoms with Crippen molar-refractivity contribution in [2.75, 3.05) is 0 Å². The highest BCUT2D eigenvalue weighted by Gasteiger charge is 2.13. The van der Waals surface area contributed by atoms with Crippen LogP contribution in [0.2, 0.25) is 5.02 Å². The third-order valence-electron chi connectivity index (χ3n) is 1.63. The van der Waals surface area contributed by atoms with Gasteiger partial charge in [0.25, 0.3) is 0 Å². The average Bonchev–Trinajstić information content (AvgIpc) is 1.99. The largest absolute Gasteiger partial charge is 0.488 e. The van der Waals surface area contributed by atoms with E-state index in [9.17, 15) is 0 Å². The molecule has 2 nitrogen and oxygen atoms in total. The summed E-state index contributed by atoms with van der Waals surface area (Å²) in [7, 11) is 0. The lowest BCUT2D eigenvalue weighted by molar-refractivity contribution is 0.131. The molecule has 0 bridgehead atoms. The second-order valence-electron chi connectivity index (χ2n) is 4.22. The molecule has 0 radical (unpaired) electrons. The zero-order chi connectivity index (χ0) is 11.6. The van der Waals surface area contributed by atoms with Gasteiger partial charge in [-0.3, -0.25) is 0 Å². The zero-order valence-corrected chi connectivity index (χ0v) is 10.6. The molecule has 0 saturated carbocycles. The molecule has 2 N–H and O–H groups in total. The van der Waals surface area contributed by atoms with Gasteiger partial charge in [-0.05, 0) is 39.0 Å². The van der Waals surface area contributed by atoms with E-state index in [1.807, 2.05) is 26.8 Å². The van der Waals surface area contributed by atoms with E-state index in [0.717, 1.165) is 0 Å². The number of hydrogen-bond acceptors (Lipinski definition) is 2. The molecule has 1 aromatic carbocycles. The first-order valence-electron chi connectivity index (χ1n) is 4.58. The predicted octanol–water partition coefficient (Wildman–Crippen LogP) is 3.15. The predicted molar refractivity (Wildman–Crippen MR) is 67.7 cm³/mol. The molecule has 0 aliphatic heterocycles.